The molecule has 1 saturated carbocycles. The molecule has 1 aliphatic heterocycles. The highest BCUT2D eigenvalue weighted by Crippen LogP contribution is 2.36. The highest BCUT2D eigenvalue weighted by Gasteiger charge is 2.43. The van der Waals surface area contributed by atoms with E-state index in [1.807, 2.05) is 12.1 Å². The Morgan fingerprint density at radius 1 is 1.12 bits per heavy atom. The minimum Gasteiger partial charge on any atom is -0.493 e. The number of morpholine rings is 1. The Balaban J connectivity index is 1.51. The largest absolute Gasteiger partial charge is 0.493 e. The summed E-state index contributed by atoms with van der Waals surface area (Å²) >= 11 is 0. The minimum atomic E-state index is -1.08. The molecule has 0 bridgehead atoms. The maximum Gasteiger partial charge on any atom is 0.251 e. The zero-order chi connectivity index (χ0) is 22.7. The molecule has 1 saturated heterocycles. The molecule has 1 aromatic carbocycles. The molecule has 1 aliphatic carbocycles. The van der Waals surface area contributed by atoms with Gasteiger partial charge in [0.2, 0.25) is 0 Å². The topological polar surface area (TPSA) is 113 Å². The van der Waals surface area contributed by atoms with Gasteiger partial charge < -0.3 is 34.6 Å². The van der Waals surface area contributed by atoms with Crippen LogP contribution in [0.5, 0.6) is 11.5 Å². The van der Waals surface area contributed by atoms with Gasteiger partial charge in [0, 0.05) is 30.8 Å². The Morgan fingerprint density at radius 3 is 2.53 bits per heavy atom. The van der Waals surface area contributed by atoms with Crippen LogP contribution >= 0.6 is 0 Å². The molecular formula is C23H29N3O6. The monoisotopic (exact) mass is 443 g/mol. The molecule has 2 heterocycles. The molecule has 2 fully saturated rings. The number of carbonyl (C=O) groups excluding carboxylic acids is 1. The van der Waals surface area contributed by atoms with E-state index in [1.165, 1.54) is 14.2 Å². The van der Waals surface area contributed by atoms with Crippen LogP contribution in [0, 0.1) is 0 Å². The van der Waals surface area contributed by atoms with Crippen molar-refractivity contribution >= 4 is 11.7 Å². The van der Waals surface area contributed by atoms with Gasteiger partial charge in [0.1, 0.15) is 11.9 Å². The lowest BCUT2D eigenvalue weighted by Gasteiger charge is -2.28. The smallest absolute Gasteiger partial charge is 0.251 e. The third-order valence-corrected chi connectivity index (χ3v) is 6.17. The highest BCUT2D eigenvalue weighted by molar-refractivity contribution is 5.95. The zero-order valence-electron chi connectivity index (χ0n) is 18.2. The lowest BCUT2D eigenvalue weighted by Crippen LogP contribution is -2.45. The van der Waals surface area contributed by atoms with Crippen molar-refractivity contribution < 1.29 is 29.2 Å². The lowest BCUT2D eigenvalue weighted by atomic mass is 9.94. The van der Waals surface area contributed by atoms with E-state index in [0.29, 0.717) is 36.7 Å². The number of aromatic nitrogens is 1. The number of anilines is 1. The van der Waals surface area contributed by atoms with Gasteiger partial charge in [0.25, 0.3) is 5.91 Å². The number of aliphatic hydroxyl groups excluding tert-OH is 2. The molecule has 0 radical (unpaired) electrons. The average molecular weight is 444 g/mol. The quantitative estimate of drug-likeness (QED) is 0.605. The fourth-order valence-corrected chi connectivity index (χ4v) is 4.36. The van der Waals surface area contributed by atoms with Gasteiger partial charge in [0.15, 0.2) is 11.5 Å². The lowest BCUT2D eigenvalue weighted by molar-refractivity contribution is 0.0294. The first-order chi connectivity index (χ1) is 15.5. The van der Waals surface area contributed by atoms with Gasteiger partial charge in [-0.25, -0.2) is 4.98 Å². The molecule has 1 aromatic heterocycles. The summed E-state index contributed by atoms with van der Waals surface area (Å²) < 4.78 is 15.9. The third-order valence-electron chi connectivity index (χ3n) is 6.17. The van der Waals surface area contributed by atoms with Gasteiger partial charge in [-0.15, -0.1) is 0 Å². The van der Waals surface area contributed by atoms with Crippen molar-refractivity contribution in [2.75, 3.05) is 45.4 Å². The van der Waals surface area contributed by atoms with Crippen molar-refractivity contribution in [3.63, 3.8) is 0 Å². The summed E-state index contributed by atoms with van der Waals surface area (Å²) in [7, 11) is 3.02. The summed E-state index contributed by atoms with van der Waals surface area (Å²) in [6, 6.07) is 8.09. The van der Waals surface area contributed by atoms with E-state index < -0.39 is 18.2 Å². The Labute approximate surface area is 186 Å². The van der Waals surface area contributed by atoms with Crippen molar-refractivity contribution in [1.82, 2.24) is 10.3 Å². The second kappa shape index (κ2) is 9.72. The maximum absolute atomic E-state index is 12.9. The zero-order valence-corrected chi connectivity index (χ0v) is 18.2. The minimum absolute atomic E-state index is 0.268. The van der Waals surface area contributed by atoms with Crippen molar-refractivity contribution in [2.45, 2.75) is 30.6 Å². The van der Waals surface area contributed by atoms with Gasteiger partial charge in [-0.2, -0.15) is 0 Å². The Bertz CT molecular complexity index is 932. The van der Waals surface area contributed by atoms with Crippen LogP contribution in [0.3, 0.4) is 0 Å². The summed E-state index contributed by atoms with van der Waals surface area (Å²) in [5, 5.41) is 23.8. The molecule has 32 heavy (non-hydrogen) atoms. The van der Waals surface area contributed by atoms with Gasteiger partial charge in [0.05, 0.1) is 39.6 Å². The molecule has 2 aliphatic rings. The second-order valence-corrected chi connectivity index (χ2v) is 8.02. The highest BCUT2D eigenvalue weighted by atomic mass is 16.5. The molecule has 4 unspecified atom stereocenters. The molecule has 9 nitrogen and oxygen atoms in total. The fourth-order valence-electron chi connectivity index (χ4n) is 4.36. The van der Waals surface area contributed by atoms with Crippen LogP contribution < -0.4 is 19.7 Å². The molecule has 172 valence electrons. The number of benzene rings is 1. The van der Waals surface area contributed by atoms with Gasteiger partial charge in [-0.1, -0.05) is 6.07 Å². The Morgan fingerprint density at radius 2 is 1.88 bits per heavy atom. The molecule has 4 atom stereocenters. The van der Waals surface area contributed by atoms with Crippen LogP contribution in [0.1, 0.15) is 28.3 Å². The number of amides is 1. The number of aliphatic hydroxyl groups is 2. The van der Waals surface area contributed by atoms with E-state index in [9.17, 15) is 15.0 Å². The summed E-state index contributed by atoms with van der Waals surface area (Å²) in [5.41, 5.74) is 1.23. The standard InChI is InChI=1S/C23H29N3O6/c1-30-18-5-3-14(11-19(18)31-2)23(29)25-21-16(12-17(27)22(21)28)15-4-6-20(24-13-15)26-7-9-32-10-8-26/h3-6,11,13,16-17,21-22,27-28H,7-10,12H2,1-2H3,(H,25,29). The third kappa shape index (κ3) is 4.50. The van der Waals surface area contributed by atoms with Crippen LogP contribution in [0.4, 0.5) is 5.82 Å². The van der Waals surface area contributed by atoms with Crippen molar-refractivity contribution in [1.29, 1.82) is 0 Å². The number of pyridine rings is 1. The second-order valence-electron chi connectivity index (χ2n) is 8.02. The first-order valence-electron chi connectivity index (χ1n) is 10.7. The predicted molar refractivity (Wildman–Crippen MR) is 117 cm³/mol. The molecule has 9 heteroatoms. The molecular weight excluding hydrogens is 414 g/mol. The van der Waals surface area contributed by atoms with Crippen LogP contribution in [-0.2, 0) is 4.74 Å². The van der Waals surface area contributed by atoms with Gasteiger partial charge in [-0.05, 0) is 36.2 Å². The SMILES string of the molecule is COc1ccc(C(=O)NC2C(c3ccc(N4CCOCC4)nc3)CC(O)C2O)cc1OC. The number of ether oxygens (including phenoxy) is 3. The number of rotatable bonds is 6. The summed E-state index contributed by atoms with van der Waals surface area (Å²) in [6.45, 7) is 2.93. The normalized spacial score (nSPS) is 25.4. The number of methoxy groups -OCH3 is 2. The van der Waals surface area contributed by atoms with E-state index in [0.717, 1.165) is 24.5 Å². The first kappa shape index (κ1) is 22.3. The number of hydrogen-bond acceptors (Lipinski definition) is 8. The summed E-state index contributed by atoms with van der Waals surface area (Å²) in [5.74, 6) is 1.18. The molecule has 1 amide bonds. The fraction of sp³-hybridized carbons (Fsp3) is 0.478. The number of hydrogen-bond donors (Lipinski definition) is 3. The van der Waals surface area contributed by atoms with Crippen LogP contribution in [0.25, 0.3) is 0 Å². The van der Waals surface area contributed by atoms with Gasteiger partial charge in [-0.3, -0.25) is 4.79 Å². The van der Waals surface area contributed by atoms with Gasteiger partial charge >= 0.3 is 0 Å². The van der Waals surface area contributed by atoms with Crippen LogP contribution in [-0.4, -0.2) is 79.9 Å². The Hall–Kier alpha value is -2.88. The van der Waals surface area contributed by atoms with Crippen molar-refractivity contribution in [3.05, 3.63) is 47.7 Å². The molecule has 0 spiro atoms. The number of nitrogens with one attached hydrogen (secondary N) is 1. The maximum atomic E-state index is 12.9. The summed E-state index contributed by atoms with van der Waals surface area (Å²) in [4.78, 5) is 19.7. The number of carbonyl (C=O) groups is 1. The predicted octanol–water partition coefficient (Wildman–Crippen LogP) is 0.943. The van der Waals surface area contributed by atoms with E-state index in [-0.39, 0.29) is 11.8 Å². The van der Waals surface area contributed by atoms with Crippen LogP contribution in [0.15, 0.2) is 36.5 Å². The molecule has 3 N–H and O–H groups in total. The van der Waals surface area contributed by atoms with E-state index in [1.54, 1.807) is 24.4 Å². The first-order valence-corrected chi connectivity index (χ1v) is 10.7. The van der Waals surface area contributed by atoms with E-state index in [4.69, 9.17) is 14.2 Å². The van der Waals surface area contributed by atoms with Crippen LogP contribution in [0.2, 0.25) is 0 Å². The number of nitrogens with zero attached hydrogens (tertiary/aromatic N) is 2. The van der Waals surface area contributed by atoms with Crippen molar-refractivity contribution in [2.24, 2.45) is 0 Å². The van der Waals surface area contributed by atoms with E-state index in [2.05, 4.69) is 15.2 Å². The Kier molecular flexibility index (Phi) is 6.78. The summed E-state index contributed by atoms with van der Waals surface area (Å²) in [6.07, 6.45) is 0.0736. The van der Waals surface area contributed by atoms with E-state index >= 15 is 0 Å². The van der Waals surface area contributed by atoms with Crippen molar-refractivity contribution in [3.8, 4) is 11.5 Å². The molecule has 2 aromatic rings. The average Bonchev–Trinajstić information content (AvgIpc) is 3.12. The molecule has 4 rings (SSSR count).